The lowest BCUT2D eigenvalue weighted by Gasteiger charge is -2.23. The van der Waals surface area contributed by atoms with E-state index in [1.54, 1.807) is 24.4 Å². The summed E-state index contributed by atoms with van der Waals surface area (Å²) in [7, 11) is 0. The van der Waals surface area contributed by atoms with Gasteiger partial charge in [0.15, 0.2) is 0 Å². The minimum Gasteiger partial charge on any atom is -0.478 e. The molecule has 1 N–H and O–H groups in total. The molecule has 0 spiro atoms. The average Bonchev–Trinajstić information content (AvgIpc) is 2.29. The van der Waals surface area contributed by atoms with Gasteiger partial charge in [0.25, 0.3) is 0 Å². The third-order valence-electron chi connectivity index (χ3n) is 2.45. The fourth-order valence-electron chi connectivity index (χ4n) is 1.74. The Morgan fingerprint density at radius 3 is 2.94 bits per heavy atom. The van der Waals surface area contributed by atoms with Crippen LogP contribution < -0.4 is 4.90 Å². The standard InChI is InChI=1S/C12H12N2O2/c1-9-4-2-5-10(12(15)16)11(9)14-7-3-6-13-8-14/h2-7H,8H2,1H3,(H,15,16). The molecule has 0 aromatic heterocycles. The lowest BCUT2D eigenvalue weighted by molar-refractivity contribution is 0.0697. The monoisotopic (exact) mass is 216 g/mol. The molecule has 2 rings (SSSR count). The van der Waals surface area contributed by atoms with Gasteiger partial charge in [-0.05, 0) is 24.6 Å². The molecule has 1 aliphatic rings. The molecule has 0 atom stereocenters. The molecule has 0 saturated heterocycles. The van der Waals surface area contributed by atoms with Crippen molar-refractivity contribution >= 4 is 17.9 Å². The lowest BCUT2D eigenvalue weighted by Crippen LogP contribution is -2.22. The number of allylic oxidation sites excluding steroid dienone is 1. The van der Waals surface area contributed by atoms with E-state index in [1.165, 1.54) is 0 Å². The summed E-state index contributed by atoms with van der Waals surface area (Å²) in [5.41, 5.74) is 1.95. The fraction of sp³-hybridized carbons (Fsp3) is 0.167. The second kappa shape index (κ2) is 4.18. The predicted octanol–water partition coefficient (Wildman–Crippen LogP) is 2.06. The number of para-hydroxylation sites is 1. The summed E-state index contributed by atoms with van der Waals surface area (Å²) in [5, 5.41) is 9.13. The molecule has 1 aliphatic heterocycles. The van der Waals surface area contributed by atoms with E-state index in [0.29, 0.717) is 17.9 Å². The van der Waals surface area contributed by atoms with Crippen LogP contribution in [0, 0.1) is 6.92 Å². The minimum atomic E-state index is -0.915. The van der Waals surface area contributed by atoms with Crippen LogP contribution >= 0.6 is 0 Å². The van der Waals surface area contributed by atoms with Crippen LogP contribution in [-0.4, -0.2) is 24.0 Å². The van der Waals surface area contributed by atoms with Crippen LogP contribution in [0.4, 0.5) is 5.69 Å². The number of aryl methyl sites for hydroxylation is 1. The molecule has 0 unspecified atom stereocenters. The van der Waals surface area contributed by atoms with Gasteiger partial charge in [-0.3, -0.25) is 4.99 Å². The Balaban J connectivity index is 2.49. The molecule has 1 aromatic rings. The van der Waals surface area contributed by atoms with E-state index in [-0.39, 0.29) is 0 Å². The van der Waals surface area contributed by atoms with E-state index in [1.807, 2.05) is 24.1 Å². The van der Waals surface area contributed by atoms with Crippen LogP contribution in [0.2, 0.25) is 0 Å². The largest absolute Gasteiger partial charge is 0.478 e. The molecule has 4 heteroatoms. The molecule has 1 aromatic carbocycles. The first-order valence-electron chi connectivity index (χ1n) is 4.96. The third-order valence-corrected chi connectivity index (χ3v) is 2.45. The summed E-state index contributed by atoms with van der Waals surface area (Å²) < 4.78 is 0. The highest BCUT2D eigenvalue weighted by atomic mass is 16.4. The fourth-order valence-corrected chi connectivity index (χ4v) is 1.74. The lowest BCUT2D eigenvalue weighted by atomic mass is 10.1. The molecule has 82 valence electrons. The zero-order chi connectivity index (χ0) is 11.5. The molecular weight excluding hydrogens is 204 g/mol. The van der Waals surface area contributed by atoms with E-state index < -0.39 is 5.97 Å². The van der Waals surface area contributed by atoms with E-state index in [0.717, 1.165) is 5.56 Å². The molecule has 0 radical (unpaired) electrons. The van der Waals surface area contributed by atoms with Crippen LogP contribution in [0.25, 0.3) is 0 Å². The summed E-state index contributed by atoms with van der Waals surface area (Å²) in [4.78, 5) is 17.1. The Morgan fingerprint density at radius 1 is 1.50 bits per heavy atom. The Bertz CT molecular complexity index is 478. The highest BCUT2D eigenvalue weighted by Crippen LogP contribution is 2.26. The Labute approximate surface area is 93.5 Å². The van der Waals surface area contributed by atoms with Crippen molar-refractivity contribution in [3.05, 3.63) is 41.6 Å². The molecule has 0 amide bonds. The number of anilines is 1. The molecule has 4 nitrogen and oxygen atoms in total. The average molecular weight is 216 g/mol. The number of benzene rings is 1. The quantitative estimate of drug-likeness (QED) is 0.823. The molecule has 0 aliphatic carbocycles. The van der Waals surface area contributed by atoms with Crippen LogP contribution in [-0.2, 0) is 0 Å². The van der Waals surface area contributed by atoms with E-state index in [9.17, 15) is 4.79 Å². The number of carboxylic acid groups (broad SMARTS) is 1. The highest BCUT2D eigenvalue weighted by molar-refractivity contribution is 5.96. The zero-order valence-corrected chi connectivity index (χ0v) is 8.92. The molecule has 0 bridgehead atoms. The second-order valence-electron chi connectivity index (χ2n) is 3.56. The van der Waals surface area contributed by atoms with Crippen molar-refractivity contribution in [2.45, 2.75) is 6.92 Å². The number of carbonyl (C=O) groups is 1. The summed E-state index contributed by atoms with van der Waals surface area (Å²) in [6, 6.07) is 5.25. The Morgan fingerprint density at radius 2 is 2.31 bits per heavy atom. The summed E-state index contributed by atoms with van der Waals surface area (Å²) in [6.07, 6.45) is 5.33. The van der Waals surface area contributed by atoms with Gasteiger partial charge in [0.2, 0.25) is 0 Å². The van der Waals surface area contributed by atoms with E-state index in [2.05, 4.69) is 4.99 Å². The highest BCUT2D eigenvalue weighted by Gasteiger charge is 2.16. The smallest absolute Gasteiger partial charge is 0.337 e. The number of rotatable bonds is 2. The molecule has 0 fully saturated rings. The maximum atomic E-state index is 11.1. The maximum absolute atomic E-state index is 11.1. The SMILES string of the molecule is Cc1cccc(C(=O)O)c1N1C=CC=NC1. The molecule has 1 heterocycles. The van der Waals surface area contributed by atoms with Gasteiger partial charge in [-0.25, -0.2) is 4.79 Å². The van der Waals surface area contributed by atoms with Gasteiger partial charge in [-0.2, -0.15) is 0 Å². The number of aliphatic imine (C=N–C) groups is 1. The maximum Gasteiger partial charge on any atom is 0.337 e. The van der Waals surface area contributed by atoms with Gasteiger partial charge < -0.3 is 10.0 Å². The number of aromatic carboxylic acids is 1. The van der Waals surface area contributed by atoms with Crippen LogP contribution in [0.1, 0.15) is 15.9 Å². The summed E-state index contributed by atoms with van der Waals surface area (Å²) in [6.45, 7) is 2.36. The van der Waals surface area contributed by atoms with Crippen LogP contribution in [0.15, 0.2) is 35.5 Å². The predicted molar refractivity (Wildman–Crippen MR) is 63.1 cm³/mol. The van der Waals surface area contributed by atoms with Gasteiger partial charge in [0.05, 0.1) is 11.3 Å². The summed E-state index contributed by atoms with van der Waals surface area (Å²) in [5.74, 6) is -0.915. The van der Waals surface area contributed by atoms with E-state index in [4.69, 9.17) is 5.11 Å². The first-order chi connectivity index (χ1) is 7.70. The third kappa shape index (κ3) is 1.82. The van der Waals surface area contributed by atoms with Crippen molar-refractivity contribution in [1.82, 2.24) is 0 Å². The van der Waals surface area contributed by atoms with Gasteiger partial charge >= 0.3 is 5.97 Å². The minimum absolute atomic E-state index is 0.307. The normalized spacial score (nSPS) is 14.2. The van der Waals surface area contributed by atoms with Gasteiger partial charge in [-0.1, -0.05) is 12.1 Å². The van der Waals surface area contributed by atoms with Crippen molar-refractivity contribution in [3.8, 4) is 0 Å². The molecule has 0 saturated carbocycles. The number of carboxylic acids is 1. The van der Waals surface area contributed by atoms with Crippen molar-refractivity contribution in [2.75, 3.05) is 11.6 Å². The summed E-state index contributed by atoms with van der Waals surface area (Å²) >= 11 is 0. The van der Waals surface area contributed by atoms with Gasteiger partial charge in [0.1, 0.15) is 6.67 Å². The van der Waals surface area contributed by atoms with Crippen molar-refractivity contribution in [1.29, 1.82) is 0 Å². The van der Waals surface area contributed by atoms with Crippen molar-refractivity contribution < 1.29 is 9.90 Å². The van der Waals surface area contributed by atoms with Crippen LogP contribution in [0.3, 0.4) is 0 Å². The first kappa shape index (κ1) is 10.4. The van der Waals surface area contributed by atoms with Crippen LogP contribution in [0.5, 0.6) is 0 Å². The topological polar surface area (TPSA) is 52.9 Å². The second-order valence-corrected chi connectivity index (χ2v) is 3.56. The number of hydrogen-bond acceptors (Lipinski definition) is 3. The van der Waals surface area contributed by atoms with Gasteiger partial charge in [0, 0.05) is 12.4 Å². The Kier molecular flexibility index (Phi) is 2.72. The Hall–Kier alpha value is -2.10. The van der Waals surface area contributed by atoms with Crippen molar-refractivity contribution in [2.24, 2.45) is 4.99 Å². The van der Waals surface area contributed by atoms with E-state index >= 15 is 0 Å². The molecular formula is C12H12N2O2. The van der Waals surface area contributed by atoms with Gasteiger partial charge in [-0.15, -0.1) is 0 Å². The molecule has 16 heavy (non-hydrogen) atoms. The van der Waals surface area contributed by atoms with Crippen molar-refractivity contribution in [3.63, 3.8) is 0 Å². The zero-order valence-electron chi connectivity index (χ0n) is 8.92. The first-order valence-corrected chi connectivity index (χ1v) is 4.96. The number of nitrogens with zero attached hydrogens (tertiary/aromatic N) is 2. The number of hydrogen-bond donors (Lipinski definition) is 1.